The molecule has 1 N–H and O–H groups in total. The molecule has 2 aromatic carbocycles. The first-order valence-electron chi connectivity index (χ1n) is 7.95. The molecular weight excluding hydrogens is 324 g/mol. The first kappa shape index (κ1) is 17.1. The monoisotopic (exact) mass is 342 g/mol. The second-order valence-electron chi connectivity index (χ2n) is 5.66. The van der Waals surface area contributed by atoms with E-state index in [1.54, 1.807) is 60.7 Å². The molecule has 3 atom stereocenters. The summed E-state index contributed by atoms with van der Waals surface area (Å²) in [5, 5.41) is 9.89. The van der Waals surface area contributed by atoms with Gasteiger partial charge in [-0.3, -0.25) is 0 Å². The Morgan fingerprint density at radius 1 is 0.880 bits per heavy atom. The van der Waals surface area contributed by atoms with Crippen LogP contribution in [0.5, 0.6) is 0 Å². The molecule has 0 aliphatic carbocycles. The lowest BCUT2D eigenvalue weighted by Gasteiger charge is -2.32. The van der Waals surface area contributed by atoms with E-state index in [-0.39, 0.29) is 13.0 Å². The van der Waals surface area contributed by atoms with E-state index < -0.39 is 30.4 Å². The van der Waals surface area contributed by atoms with E-state index in [1.165, 1.54) is 0 Å². The zero-order chi connectivity index (χ0) is 17.6. The number of esters is 2. The molecule has 1 aliphatic heterocycles. The second-order valence-corrected chi connectivity index (χ2v) is 5.66. The molecule has 0 saturated carbocycles. The van der Waals surface area contributed by atoms with Crippen LogP contribution in [0.15, 0.2) is 60.7 Å². The van der Waals surface area contributed by atoms with Crippen LogP contribution in [0.1, 0.15) is 27.1 Å². The van der Waals surface area contributed by atoms with Crippen molar-refractivity contribution in [2.45, 2.75) is 24.9 Å². The number of hydrogen-bond donors (Lipinski definition) is 1. The summed E-state index contributed by atoms with van der Waals surface area (Å²) in [6.45, 7) is 0.0408. The highest BCUT2D eigenvalue weighted by Crippen LogP contribution is 2.21. The minimum absolute atomic E-state index is 0.0408. The zero-order valence-electron chi connectivity index (χ0n) is 13.4. The van der Waals surface area contributed by atoms with Crippen molar-refractivity contribution in [2.75, 3.05) is 6.61 Å². The Hall–Kier alpha value is -2.70. The summed E-state index contributed by atoms with van der Waals surface area (Å²) in [6, 6.07) is 17.0. The van der Waals surface area contributed by atoms with Crippen LogP contribution >= 0.6 is 0 Å². The lowest BCUT2D eigenvalue weighted by atomic mass is 10.1. The highest BCUT2D eigenvalue weighted by atomic mass is 16.7. The van der Waals surface area contributed by atoms with E-state index in [0.717, 1.165) is 0 Å². The van der Waals surface area contributed by atoms with Gasteiger partial charge in [-0.05, 0) is 24.3 Å². The minimum Gasteiger partial charge on any atom is -0.456 e. The summed E-state index contributed by atoms with van der Waals surface area (Å²) >= 11 is 0. The normalized spacial score (nSPS) is 22.8. The highest BCUT2D eigenvalue weighted by Gasteiger charge is 2.35. The van der Waals surface area contributed by atoms with Crippen LogP contribution in [-0.4, -0.2) is 42.1 Å². The molecule has 1 saturated heterocycles. The molecule has 1 fully saturated rings. The maximum absolute atomic E-state index is 12.1. The van der Waals surface area contributed by atoms with Crippen molar-refractivity contribution in [3.05, 3.63) is 71.8 Å². The van der Waals surface area contributed by atoms with Crippen LogP contribution in [0.2, 0.25) is 0 Å². The van der Waals surface area contributed by atoms with Gasteiger partial charge in [-0.25, -0.2) is 9.59 Å². The fourth-order valence-corrected chi connectivity index (χ4v) is 2.52. The van der Waals surface area contributed by atoms with Crippen LogP contribution in [0.3, 0.4) is 0 Å². The average molecular weight is 342 g/mol. The summed E-state index contributed by atoms with van der Waals surface area (Å²) in [7, 11) is 0. The van der Waals surface area contributed by atoms with Gasteiger partial charge < -0.3 is 19.3 Å². The zero-order valence-corrected chi connectivity index (χ0v) is 13.4. The quantitative estimate of drug-likeness (QED) is 0.858. The molecule has 2 aromatic rings. The fourth-order valence-electron chi connectivity index (χ4n) is 2.52. The molecule has 1 aliphatic rings. The first-order chi connectivity index (χ1) is 12.1. The molecule has 130 valence electrons. The lowest BCUT2D eigenvalue weighted by molar-refractivity contribution is -0.212. The van der Waals surface area contributed by atoms with Gasteiger partial charge >= 0.3 is 11.9 Å². The van der Waals surface area contributed by atoms with E-state index in [1.807, 2.05) is 0 Å². The van der Waals surface area contributed by atoms with Crippen molar-refractivity contribution in [1.29, 1.82) is 0 Å². The molecule has 0 amide bonds. The predicted molar refractivity (Wildman–Crippen MR) is 87.9 cm³/mol. The van der Waals surface area contributed by atoms with Crippen LogP contribution in [0.4, 0.5) is 0 Å². The SMILES string of the molecule is O=C(O[C@@H]1CO[C@H](O)[C@H](OC(=O)c2ccccc2)C1)c1ccccc1. The molecule has 3 rings (SSSR count). The third-order valence-corrected chi connectivity index (χ3v) is 3.82. The van der Waals surface area contributed by atoms with Gasteiger partial charge in [0.1, 0.15) is 6.10 Å². The summed E-state index contributed by atoms with van der Waals surface area (Å²) in [4.78, 5) is 24.2. The fraction of sp³-hybridized carbons (Fsp3) is 0.263. The van der Waals surface area contributed by atoms with Crippen molar-refractivity contribution in [3.8, 4) is 0 Å². The highest BCUT2D eigenvalue weighted by molar-refractivity contribution is 5.90. The average Bonchev–Trinajstić information content (AvgIpc) is 2.66. The number of rotatable bonds is 4. The maximum Gasteiger partial charge on any atom is 0.338 e. The molecule has 1 heterocycles. The van der Waals surface area contributed by atoms with Gasteiger partial charge in [0.25, 0.3) is 0 Å². The van der Waals surface area contributed by atoms with Gasteiger partial charge in [0.15, 0.2) is 12.4 Å². The largest absolute Gasteiger partial charge is 0.456 e. The van der Waals surface area contributed by atoms with Gasteiger partial charge in [-0.2, -0.15) is 0 Å². The Labute approximate surface area is 144 Å². The molecule has 25 heavy (non-hydrogen) atoms. The number of aliphatic hydroxyl groups is 1. The van der Waals surface area contributed by atoms with Crippen molar-refractivity contribution >= 4 is 11.9 Å². The van der Waals surface area contributed by atoms with Crippen LogP contribution in [0, 0.1) is 0 Å². The van der Waals surface area contributed by atoms with E-state index in [2.05, 4.69) is 0 Å². The molecule has 6 heteroatoms. The Bertz CT molecular complexity index is 715. The maximum atomic E-state index is 12.1. The second kappa shape index (κ2) is 7.92. The van der Waals surface area contributed by atoms with Gasteiger partial charge in [0.2, 0.25) is 0 Å². The molecule has 6 nitrogen and oxygen atoms in total. The third kappa shape index (κ3) is 4.43. The third-order valence-electron chi connectivity index (χ3n) is 3.82. The lowest BCUT2D eigenvalue weighted by Crippen LogP contribution is -2.45. The summed E-state index contributed by atoms with van der Waals surface area (Å²) in [5.41, 5.74) is 0.796. The minimum atomic E-state index is -1.25. The number of aliphatic hydroxyl groups excluding tert-OH is 1. The van der Waals surface area contributed by atoms with Crippen LogP contribution in [0.25, 0.3) is 0 Å². The summed E-state index contributed by atoms with van der Waals surface area (Å²) in [5.74, 6) is -1.05. The predicted octanol–water partition coefficient (Wildman–Crippen LogP) is 2.18. The van der Waals surface area contributed by atoms with E-state index in [0.29, 0.717) is 11.1 Å². The summed E-state index contributed by atoms with van der Waals surface area (Å²) in [6.07, 6.45) is -2.60. The van der Waals surface area contributed by atoms with Crippen molar-refractivity contribution < 1.29 is 28.9 Å². The van der Waals surface area contributed by atoms with Crippen LogP contribution < -0.4 is 0 Å². The number of benzene rings is 2. The molecule has 0 bridgehead atoms. The number of hydrogen-bond acceptors (Lipinski definition) is 6. The number of carbonyl (C=O) groups is 2. The van der Waals surface area contributed by atoms with Crippen molar-refractivity contribution in [3.63, 3.8) is 0 Å². The summed E-state index contributed by atoms with van der Waals surface area (Å²) < 4.78 is 15.9. The Morgan fingerprint density at radius 2 is 1.40 bits per heavy atom. The van der Waals surface area contributed by atoms with Gasteiger partial charge in [-0.1, -0.05) is 36.4 Å². The van der Waals surface area contributed by atoms with Crippen molar-refractivity contribution in [2.24, 2.45) is 0 Å². The number of ether oxygens (including phenoxy) is 3. The number of carbonyl (C=O) groups excluding carboxylic acids is 2. The van der Waals surface area contributed by atoms with Gasteiger partial charge in [0, 0.05) is 6.42 Å². The van der Waals surface area contributed by atoms with Crippen LogP contribution in [-0.2, 0) is 14.2 Å². The standard InChI is InChI=1S/C19H18O6/c20-17(13-7-3-1-4-8-13)24-15-11-16(19(22)23-12-15)25-18(21)14-9-5-2-6-10-14/h1-10,15-16,19,22H,11-12H2/t15-,16+,19-/m0/s1. The first-order valence-corrected chi connectivity index (χ1v) is 7.95. The van der Waals surface area contributed by atoms with E-state index in [9.17, 15) is 14.7 Å². The van der Waals surface area contributed by atoms with E-state index >= 15 is 0 Å². The Balaban J connectivity index is 1.60. The van der Waals surface area contributed by atoms with Gasteiger partial charge in [-0.15, -0.1) is 0 Å². The Kier molecular flexibility index (Phi) is 5.42. The molecule has 0 aromatic heterocycles. The Morgan fingerprint density at radius 3 is 1.96 bits per heavy atom. The molecular formula is C19H18O6. The van der Waals surface area contributed by atoms with E-state index in [4.69, 9.17) is 14.2 Å². The van der Waals surface area contributed by atoms with Crippen molar-refractivity contribution in [1.82, 2.24) is 0 Å². The molecule has 0 spiro atoms. The molecule has 0 unspecified atom stereocenters. The molecule has 0 radical (unpaired) electrons. The topological polar surface area (TPSA) is 82.1 Å². The smallest absolute Gasteiger partial charge is 0.338 e. The van der Waals surface area contributed by atoms with Gasteiger partial charge in [0.05, 0.1) is 17.7 Å².